The molecule has 0 saturated heterocycles. The Labute approximate surface area is 110 Å². The van der Waals surface area contributed by atoms with Crippen molar-refractivity contribution in [2.45, 2.75) is 20.8 Å². The zero-order chi connectivity index (χ0) is 14.2. The standard InChI is InChI=1S/C14H15NO4/c1-7-5-8(2)13(18-4)10(6-7)12-11(14(16)17)9(3)19-15-12/h5-6H,1-4H3,(H,16,17). The van der Waals surface area contributed by atoms with Crippen molar-refractivity contribution in [1.29, 1.82) is 0 Å². The van der Waals surface area contributed by atoms with Crippen LogP contribution in [0.4, 0.5) is 0 Å². The van der Waals surface area contributed by atoms with Gasteiger partial charge in [0.2, 0.25) is 0 Å². The molecule has 5 heteroatoms. The molecule has 1 heterocycles. The lowest BCUT2D eigenvalue weighted by Crippen LogP contribution is -2.01. The second-order valence-corrected chi connectivity index (χ2v) is 4.43. The number of methoxy groups -OCH3 is 1. The van der Waals surface area contributed by atoms with E-state index in [1.54, 1.807) is 14.0 Å². The van der Waals surface area contributed by atoms with Crippen LogP contribution in [-0.2, 0) is 0 Å². The Morgan fingerprint density at radius 3 is 2.58 bits per heavy atom. The summed E-state index contributed by atoms with van der Waals surface area (Å²) >= 11 is 0. The topological polar surface area (TPSA) is 72.6 Å². The van der Waals surface area contributed by atoms with Gasteiger partial charge in [-0.05, 0) is 38.0 Å². The molecule has 0 aliphatic carbocycles. The fourth-order valence-corrected chi connectivity index (χ4v) is 2.21. The number of carboxylic acid groups (broad SMARTS) is 1. The summed E-state index contributed by atoms with van der Waals surface area (Å²) in [5.74, 6) is -0.167. The lowest BCUT2D eigenvalue weighted by Gasteiger charge is -2.11. The average Bonchev–Trinajstić information content (AvgIpc) is 2.70. The van der Waals surface area contributed by atoms with Gasteiger partial charge in [-0.15, -0.1) is 0 Å². The number of carboxylic acids is 1. The monoisotopic (exact) mass is 261 g/mol. The molecule has 1 aromatic heterocycles. The quantitative estimate of drug-likeness (QED) is 0.919. The van der Waals surface area contributed by atoms with Gasteiger partial charge in [0.1, 0.15) is 22.8 Å². The fraction of sp³-hybridized carbons (Fsp3) is 0.286. The molecule has 0 spiro atoms. The van der Waals surface area contributed by atoms with Crippen molar-refractivity contribution in [2.75, 3.05) is 7.11 Å². The van der Waals surface area contributed by atoms with Gasteiger partial charge in [-0.2, -0.15) is 0 Å². The van der Waals surface area contributed by atoms with Crippen LogP contribution in [0, 0.1) is 20.8 Å². The van der Waals surface area contributed by atoms with E-state index in [1.165, 1.54) is 0 Å². The summed E-state index contributed by atoms with van der Waals surface area (Å²) in [5, 5.41) is 13.1. The van der Waals surface area contributed by atoms with Crippen LogP contribution in [0.25, 0.3) is 11.3 Å². The fourth-order valence-electron chi connectivity index (χ4n) is 2.21. The Hall–Kier alpha value is -2.30. The summed E-state index contributed by atoms with van der Waals surface area (Å²) in [6, 6.07) is 3.81. The zero-order valence-electron chi connectivity index (χ0n) is 11.3. The molecule has 19 heavy (non-hydrogen) atoms. The summed E-state index contributed by atoms with van der Waals surface area (Å²) in [6.45, 7) is 5.42. The number of benzene rings is 1. The van der Waals surface area contributed by atoms with Crippen molar-refractivity contribution in [3.05, 3.63) is 34.6 Å². The van der Waals surface area contributed by atoms with Gasteiger partial charge in [-0.3, -0.25) is 0 Å². The Morgan fingerprint density at radius 2 is 2.00 bits per heavy atom. The Morgan fingerprint density at radius 1 is 1.32 bits per heavy atom. The number of hydrogen-bond acceptors (Lipinski definition) is 4. The van der Waals surface area contributed by atoms with Crippen LogP contribution in [0.15, 0.2) is 16.7 Å². The third-order valence-electron chi connectivity index (χ3n) is 2.95. The molecule has 0 aliphatic heterocycles. The van der Waals surface area contributed by atoms with Gasteiger partial charge in [0, 0.05) is 5.56 Å². The van der Waals surface area contributed by atoms with Crippen LogP contribution in [0.2, 0.25) is 0 Å². The first-order valence-corrected chi connectivity index (χ1v) is 5.81. The van der Waals surface area contributed by atoms with Gasteiger partial charge in [0.15, 0.2) is 0 Å². The van der Waals surface area contributed by atoms with Gasteiger partial charge in [0.25, 0.3) is 0 Å². The van der Waals surface area contributed by atoms with E-state index in [4.69, 9.17) is 9.26 Å². The van der Waals surface area contributed by atoms with E-state index >= 15 is 0 Å². The number of nitrogens with zero attached hydrogens (tertiary/aromatic N) is 1. The van der Waals surface area contributed by atoms with Crippen LogP contribution in [-0.4, -0.2) is 23.3 Å². The molecule has 0 aliphatic rings. The van der Waals surface area contributed by atoms with Gasteiger partial charge in [-0.1, -0.05) is 11.2 Å². The molecule has 5 nitrogen and oxygen atoms in total. The summed E-state index contributed by atoms with van der Waals surface area (Å²) in [5.41, 5.74) is 2.94. The minimum Gasteiger partial charge on any atom is -0.496 e. The Kier molecular flexibility index (Phi) is 3.29. The van der Waals surface area contributed by atoms with Crippen molar-refractivity contribution in [1.82, 2.24) is 5.16 Å². The zero-order valence-corrected chi connectivity index (χ0v) is 11.3. The Bertz CT molecular complexity index is 643. The molecule has 2 aromatic rings. The van der Waals surface area contributed by atoms with Gasteiger partial charge in [0.05, 0.1) is 7.11 Å². The van der Waals surface area contributed by atoms with Crippen LogP contribution < -0.4 is 4.74 Å². The van der Waals surface area contributed by atoms with Crippen molar-refractivity contribution >= 4 is 5.97 Å². The second kappa shape index (κ2) is 4.76. The normalized spacial score (nSPS) is 10.5. The molecule has 2 rings (SSSR count). The van der Waals surface area contributed by atoms with E-state index in [-0.39, 0.29) is 11.3 Å². The average molecular weight is 261 g/mol. The van der Waals surface area contributed by atoms with Gasteiger partial charge < -0.3 is 14.4 Å². The largest absolute Gasteiger partial charge is 0.496 e. The first-order chi connectivity index (χ1) is 8.95. The first kappa shape index (κ1) is 13.1. The van der Waals surface area contributed by atoms with Crippen molar-refractivity contribution in [2.24, 2.45) is 0 Å². The molecule has 0 saturated carbocycles. The van der Waals surface area contributed by atoms with E-state index < -0.39 is 5.97 Å². The molecule has 0 radical (unpaired) electrons. The number of rotatable bonds is 3. The maximum Gasteiger partial charge on any atom is 0.341 e. The molecule has 0 bridgehead atoms. The van der Waals surface area contributed by atoms with Crippen LogP contribution in [0.5, 0.6) is 5.75 Å². The van der Waals surface area contributed by atoms with Crippen LogP contribution in [0.3, 0.4) is 0 Å². The minimum atomic E-state index is -1.06. The highest BCUT2D eigenvalue weighted by molar-refractivity contribution is 5.96. The van der Waals surface area contributed by atoms with E-state index in [2.05, 4.69) is 5.16 Å². The van der Waals surface area contributed by atoms with E-state index in [0.29, 0.717) is 17.0 Å². The number of ether oxygens (including phenoxy) is 1. The number of aromatic nitrogens is 1. The highest BCUT2D eigenvalue weighted by Gasteiger charge is 2.24. The molecule has 1 aromatic carbocycles. The molecular weight excluding hydrogens is 246 g/mol. The first-order valence-electron chi connectivity index (χ1n) is 5.81. The maximum absolute atomic E-state index is 11.3. The minimum absolute atomic E-state index is 0.0725. The number of carbonyl (C=O) groups is 1. The van der Waals surface area contributed by atoms with Crippen molar-refractivity contribution in [3.8, 4) is 17.0 Å². The predicted molar refractivity (Wildman–Crippen MR) is 69.7 cm³/mol. The molecule has 100 valence electrons. The van der Waals surface area contributed by atoms with Crippen LogP contribution >= 0.6 is 0 Å². The van der Waals surface area contributed by atoms with Gasteiger partial charge >= 0.3 is 5.97 Å². The van der Waals surface area contributed by atoms with Crippen molar-refractivity contribution < 1.29 is 19.2 Å². The summed E-state index contributed by atoms with van der Waals surface area (Å²) < 4.78 is 10.4. The lowest BCUT2D eigenvalue weighted by atomic mass is 10.00. The van der Waals surface area contributed by atoms with E-state index in [1.807, 2.05) is 26.0 Å². The van der Waals surface area contributed by atoms with Gasteiger partial charge in [-0.25, -0.2) is 4.79 Å². The smallest absolute Gasteiger partial charge is 0.341 e. The molecule has 0 atom stereocenters. The number of aromatic carboxylic acids is 1. The highest BCUT2D eigenvalue weighted by Crippen LogP contribution is 2.36. The summed E-state index contributed by atoms with van der Waals surface area (Å²) in [6.07, 6.45) is 0. The molecule has 0 fully saturated rings. The van der Waals surface area contributed by atoms with E-state index in [9.17, 15) is 9.90 Å². The summed E-state index contributed by atoms with van der Waals surface area (Å²) in [4.78, 5) is 11.3. The van der Waals surface area contributed by atoms with Crippen molar-refractivity contribution in [3.63, 3.8) is 0 Å². The maximum atomic E-state index is 11.3. The predicted octanol–water partition coefficient (Wildman–Crippen LogP) is 2.97. The Balaban J connectivity index is 2.75. The molecule has 0 unspecified atom stereocenters. The van der Waals surface area contributed by atoms with E-state index in [0.717, 1.165) is 11.1 Å². The molecule has 1 N–H and O–H groups in total. The van der Waals surface area contributed by atoms with Crippen LogP contribution in [0.1, 0.15) is 27.2 Å². The molecule has 0 amide bonds. The summed E-state index contributed by atoms with van der Waals surface area (Å²) in [7, 11) is 1.55. The highest BCUT2D eigenvalue weighted by atomic mass is 16.5. The number of hydrogen-bond donors (Lipinski definition) is 1. The third-order valence-corrected chi connectivity index (χ3v) is 2.95. The molecular formula is C14H15NO4. The number of aryl methyl sites for hydroxylation is 3. The second-order valence-electron chi connectivity index (χ2n) is 4.43. The third kappa shape index (κ3) is 2.19. The lowest BCUT2D eigenvalue weighted by molar-refractivity contribution is 0.0696. The SMILES string of the molecule is COc1c(C)cc(C)cc1-c1noc(C)c1C(=O)O.